The Balaban J connectivity index is 1.05. The van der Waals surface area contributed by atoms with Crippen molar-refractivity contribution in [3.8, 4) is 0 Å². The summed E-state index contributed by atoms with van der Waals surface area (Å²) in [6, 6.07) is 9.26. The SMILES string of the molecule is O=C1CO[C@H]2CCN(C(=O)N3CC(CCc4ccc(C5CCC5)cc4)C3)C[C@H]2N1. The Hall–Kier alpha value is -2.08. The molecule has 3 saturated heterocycles. The number of likely N-dealkylation sites (tertiary alicyclic amines) is 2. The van der Waals surface area contributed by atoms with Crippen molar-refractivity contribution >= 4 is 11.9 Å². The summed E-state index contributed by atoms with van der Waals surface area (Å²) in [6.07, 6.45) is 7.16. The maximum absolute atomic E-state index is 12.8. The number of urea groups is 1. The van der Waals surface area contributed by atoms with Gasteiger partial charge in [-0.15, -0.1) is 0 Å². The zero-order valence-corrected chi connectivity index (χ0v) is 17.0. The second kappa shape index (κ2) is 7.98. The molecular weight excluding hydrogens is 366 g/mol. The van der Waals surface area contributed by atoms with Gasteiger partial charge in [-0.3, -0.25) is 4.79 Å². The summed E-state index contributed by atoms with van der Waals surface area (Å²) in [4.78, 5) is 28.2. The Morgan fingerprint density at radius 1 is 1.07 bits per heavy atom. The molecule has 6 nitrogen and oxygen atoms in total. The van der Waals surface area contributed by atoms with Crippen LogP contribution in [-0.4, -0.2) is 66.7 Å². The zero-order chi connectivity index (χ0) is 19.8. The summed E-state index contributed by atoms with van der Waals surface area (Å²) in [5, 5.41) is 2.97. The molecule has 2 atom stereocenters. The van der Waals surface area contributed by atoms with Crippen LogP contribution in [0.3, 0.4) is 0 Å². The molecule has 156 valence electrons. The van der Waals surface area contributed by atoms with Crippen LogP contribution < -0.4 is 5.32 Å². The number of morpholine rings is 1. The lowest BCUT2D eigenvalue weighted by Gasteiger charge is -2.46. The number of amides is 3. The Morgan fingerprint density at radius 2 is 1.86 bits per heavy atom. The summed E-state index contributed by atoms with van der Waals surface area (Å²) >= 11 is 0. The van der Waals surface area contributed by atoms with E-state index >= 15 is 0 Å². The molecule has 5 rings (SSSR count). The first-order valence-corrected chi connectivity index (χ1v) is 11.2. The predicted octanol–water partition coefficient (Wildman–Crippen LogP) is 2.53. The van der Waals surface area contributed by atoms with Crippen LogP contribution in [0, 0.1) is 5.92 Å². The molecule has 0 radical (unpaired) electrons. The van der Waals surface area contributed by atoms with Crippen LogP contribution in [0.25, 0.3) is 0 Å². The summed E-state index contributed by atoms with van der Waals surface area (Å²) in [6.45, 7) is 3.12. The molecule has 4 fully saturated rings. The third-order valence-electron chi connectivity index (χ3n) is 7.22. The number of hydrogen-bond acceptors (Lipinski definition) is 3. The first kappa shape index (κ1) is 18.9. The van der Waals surface area contributed by atoms with E-state index in [9.17, 15) is 9.59 Å². The number of rotatable bonds is 4. The smallest absolute Gasteiger partial charge is 0.320 e. The van der Waals surface area contributed by atoms with Crippen molar-refractivity contribution in [1.29, 1.82) is 0 Å². The van der Waals surface area contributed by atoms with E-state index in [0.717, 1.165) is 38.3 Å². The summed E-state index contributed by atoms with van der Waals surface area (Å²) in [5.74, 6) is 1.32. The third kappa shape index (κ3) is 4.00. The molecule has 1 N–H and O–H groups in total. The van der Waals surface area contributed by atoms with E-state index in [1.54, 1.807) is 0 Å². The van der Waals surface area contributed by atoms with Gasteiger partial charge in [-0.05, 0) is 55.1 Å². The number of carbonyl (C=O) groups excluding carboxylic acids is 2. The number of benzene rings is 1. The topological polar surface area (TPSA) is 61.9 Å². The van der Waals surface area contributed by atoms with Crippen molar-refractivity contribution in [2.45, 2.75) is 56.6 Å². The van der Waals surface area contributed by atoms with Crippen molar-refractivity contribution in [3.05, 3.63) is 35.4 Å². The fraction of sp³-hybridized carbons (Fsp3) is 0.652. The van der Waals surface area contributed by atoms with Crippen LogP contribution >= 0.6 is 0 Å². The number of fused-ring (bicyclic) bond motifs is 1. The molecule has 29 heavy (non-hydrogen) atoms. The van der Waals surface area contributed by atoms with Crippen LogP contribution in [0.4, 0.5) is 4.79 Å². The van der Waals surface area contributed by atoms with Crippen molar-refractivity contribution in [2.75, 3.05) is 32.8 Å². The lowest BCUT2D eigenvalue weighted by Crippen LogP contribution is -2.64. The van der Waals surface area contributed by atoms with Crippen molar-refractivity contribution in [2.24, 2.45) is 5.92 Å². The highest BCUT2D eigenvalue weighted by molar-refractivity contribution is 5.79. The molecule has 0 spiro atoms. The van der Waals surface area contributed by atoms with Gasteiger partial charge in [-0.2, -0.15) is 0 Å². The fourth-order valence-electron chi connectivity index (χ4n) is 5.05. The number of hydrogen-bond donors (Lipinski definition) is 1. The molecule has 0 unspecified atom stereocenters. The molecule has 3 heterocycles. The van der Waals surface area contributed by atoms with E-state index < -0.39 is 0 Å². The van der Waals surface area contributed by atoms with Gasteiger partial charge >= 0.3 is 6.03 Å². The van der Waals surface area contributed by atoms with Crippen molar-refractivity contribution in [3.63, 3.8) is 0 Å². The lowest BCUT2D eigenvalue weighted by atomic mass is 9.80. The molecule has 1 aromatic rings. The molecule has 1 aromatic carbocycles. The molecule has 6 heteroatoms. The number of ether oxygens (including phenoxy) is 1. The van der Waals surface area contributed by atoms with E-state index in [1.165, 1.54) is 30.4 Å². The molecule has 0 aromatic heterocycles. The third-order valence-corrected chi connectivity index (χ3v) is 7.22. The average molecular weight is 398 g/mol. The molecule has 3 amide bonds. The van der Waals surface area contributed by atoms with Gasteiger partial charge in [0.15, 0.2) is 0 Å². The summed E-state index contributed by atoms with van der Waals surface area (Å²) in [5.41, 5.74) is 2.91. The fourth-order valence-corrected chi connectivity index (χ4v) is 5.05. The lowest BCUT2D eigenvalue weighted by molar-refractivity contribution is -0.139. The molecule has 3 aliphatic heterocycles. The van der Waals surface area contributed by atoms with Gasteiger partial charge in [0.2, 0.25) is 5.91 Å². The Morgan fingerprint density at radius 3 is 2.59 bits per heavy atom. The maximum Gasteiger partial charge on any atom is 0.320 e. The van der Waals surface area contributed by atoms with Gasteiger partial charge in [0.1, 0.15) is 6.61 Å². The van der Waals surface area contributed by atoms with Gasteiger partial charge in [0.25, 0.3) is 0 Å². The van der Waals surface area contributed by atoms with Gasteiger partial charge in [-0.1, -0.05) is 30.7 Å². The minimum atomic E-state index is -0.0784. The Kier molecular flexibility index (Phi) is 5.20. The molecular formula is C23H31N3O3. The Labute approximate surface area is 172 Å². The average Bonchev–Trinajstić information content (AvgIpc) is 2.66. The summed E-state index contributed by atoms with van der Waals surface area (Å²) < 4.78 is 5.58. The minimum Gasteiger partial charge on any atom is -0.366 e. The highest BCUT2D eigenvalue weighted by Gasteiger charge is 2.39. The van der Waals surface area contributed by atoms with Crippen LogP contribution in [0.2, 0.25) is 0 Å². The van der Waals surface area contributed by atoms with Crippen LogP contribution in [0.5, 0.6) is 0 Å². The van der Waals surface area contributed by atoms with Gasteiger partial charge in [0.05, 0.1) is 12.1 Å². The molecule has 4 aliphatic rings. The number of nitrogens with zero attached hydrogens (tertiary/aromatic N) is 2. The quantitative estimate of drug-likeness (QED) is 0.849. The normalized spacial score (nSPS) is 27.7. The van der Waals surface area contributed by atoms with E-state index in [1.807, 2.05) is 9.80 Å². The monoisotopic (exact) mass is 397 g/mol. The first-order valence-electron chi connectivity index (χ1n) is 11.2. The highest BCUT2D eigenvalue weighted by atomic mass is 16.5. The van der Waals surface area contributed by atoms with Crippen LogP contribution in [0.1, 0.15) is 49.1 Å². The largest absolute Gasteiger partial charge is 0.366 e. The molecule has 1 aliphatic carbocycles. The number of aryl methyl sites for hydroxylation is 1. The van der Waals surface area contributed by atoms with Crippen LogP contribution in [-0.2, 0) is 16.0 Å². The van der Waals surface area contributed by atoms with E-state index in [-0.39, 0.29) is 30.7 Å². The Bertz CT molecular complexity index is 755. The molecule has 1 saturated carbocycles. The number of carbonyl (C=O) groups is 2. The van der Waals surface area contributed by atoms with E-state index in [0.29, 0.717) is 19.0 Å². The minimum absolute atomic E-state index is 0.0524. The second-order valence-corrected chi connectivity index (χ2v) is 9.22. The van der Waals surface area contributed by atoms with Crippen molar-refractivity contribution < 1.29 is 14.3 Å². The van der Waals surface area contributed by atoms with Crippen LogP contribution in [0.15, 0.2) is 24.3 Å². The van der Waals surface area contributed by atoms with Gasteiger partial charge in [0, 0.05) is 26.2 Å². The van der Waals surface area contributed by atoms with E-state index in [4.69, 9.17) is 4.74 Å². The first-order chi connectivity index (χ1) is 14.2. The summed E-state index contributed by atoms with van der Waals surface area (Å²) in [7, 11) is 0. The standard InChI is InChI=1S/C23H31N3O3/c27-22-15-29-21-10-11-25(14-20(21)24-22)23(28)26-12-17(13-26)5-4-16-6-8-19(9-7-16)18-2-1-3-18/h6-9,17-18,20-21H,1-5,10-15H2,(H,24,27)/t20-,21+/m1/s1. The second-order valence-electron chi connectivity index (χ2n) is 9.22. The number of piperidine rings is 1. The van der Waals surface area contributed by atoms with Crippen molar-refractivity contribution in [1.82, 2.24) is 15.1 Å². The molecule has 0 bridgehead atoms. The van der Waals surface area contributed by atoms with Gasteiger partial charge < -0.3 is 19.9 Å². The highest BCUT2D eigenvalue weighted by Crippen LogP contribution is 2.36. The predicted molar refractivity (Wildman–Crippen MR) is 110 cm³/mol. The zero-order valence-electron chi connectivity index (χ0n) is 17.0. The maximum atomic E-state index is 12.8. The van der Waals surface area contributed by atoms with Gasteiger partial charge in [-0.25, -0.2) is 4.79 Å². The van der Waals surface area contributed by atoms with E-state index in [2.05, 4.69) is 29.6 Å². The number of nitrogens with one attached hydrogen (secondary N) is 1.